The maximum atomic E-state index is 10.3. The molecule has 1 saturated heterocycles. The minimum Gasteiger partial charge on any atom is -0.394 e. The molecule has 0 saturated carbocycles. The Kier molecular flexibility index (Phi) is 3.83. The van der Waals surface area contributed by atoms with Crippen molar-refractivity contribution in [1.29, 1.82) is 0 Å². The van der Waals surface area contributed by atoms with Gasteiger partial charge in [0.1, 0.15) is 24.0 Å². The molecule has 2 aliphatic rings. The summed E-state index contributed by atoms with van der Waals surface area (Å²) in [5, 5.41) is 44.6. The van der Waals surface area contributed by atoms with E-state index in [1.54, 1.807) is 11.3 Å². The molecule has 3 heterocycles. The molecule has 8 heteroatoms. The Labute approximate surface area is 141 Å². The Bertz CT molecular complexity index is 757. The molecule has 0 unspecified atom stereocenters. The third kappa shape index (κ3) is 2.34. The van der Waals surface area contributed by atoms with E-state index in [0.717, 1.165) is 15.0 Å². The molecule has 0 aliphatic carbocycles. The van der Waals surface area contributed by atoms with Crippen LogP contribution in [0, 0.1) is 0 Å². The van der Waals surface area contributed by atoms with Crippen molar-refractivity contribution in [3.8, 4) is 0 Å². The predicted molar refractivity (Wildman–Crippen MR) is 86.8 cm³/mol. The highest BCUT2D eigenvalue weighted by atomic mass is 32.1. The van der Waals surface area contributed by atoms with Crippen LogP contribution in [0.5, 0.6) is 0 Å². The van der Waals surface area contributed by atoms with Crippen LogP contribution in [-0.2, 0) is 9.57 Å². The first-order valence-corrected chi connectivity index (χ1v) is 8.42. The molecule has 1 aromatic carbocycles. The topological polar surface area (TPSA) is 112 Å². The van der Waals surface area contributed by atoms with Crippen molar-refractivity contribution < 1.29 is 30.0 Å². The van der Waals surface area contributed by atoms with Crippen LogP contribution in [0.2, 0.25) is 0 Å². The second-order valence-electron chi connectivity index (χ2n) is 6.03. The highest BCUT2D eigenvalue weighted by Crippen LogP contribution is 2.40. The molecule has 4 rings (SSSR count). The Morgan fingerprint density at radius 2 is 2.00 bits per heavy atom. The molecule has 5 atom stereocenters. The van der Waals surface area contributed by atoms with E-state index in [-0.39, 0.29) is 6.42 Å². The summed E-state index contributed by atoms with van der Waals surface area (Å²) in [6, 6.07) is 9.88. The number of ether oxygens (including phenoxy) is 1. The van der Waals surface area contributed by atoms with Crippen molar-refractivity contribution in [2.24, 2.45) is 5.16 Å². The zero-order valence-electron chi connectivity index (χ0n) is 12.6. The SMILES string of the molecule is OC[C@H]1O[C@@]2(CC(c3cc4ccccc4s3)=NO2)[C@H](O)[C@@H](O)[C@@H]1O. The highest BCUT2D eigenvalue weighted by molar-refractivity contribution is 7.20. The van der Waals surface area contributed by atoms with Gasteiger partial charge in [-0.2, -0.15) is 0 Å². The van der Waals surface area contributed by atoms with Crippen molar-refractivity contribution in [1.82, 2.24) is 0 Å². The maximum Gasteiger partial charge on any atom is 0.271 e. The summed E-state index contributed by atoms with van der Waals surface area (Å²) in [6.07, 6.45) is -5.31. The van der Waals surface area contributed by atoms with Crippen LogP contribution in [-0.4, -0.2) is 62.9 Å². The molecule has 1 fully saturated rings. The van der Waals surface area contributed by atoms with Crippen LogP contribution in [0.4, 0.5) is 0 Å². The quantitative estimate of drug-likeness (QED) is 0.615. The van der Waals surface area contributed by atoms with Gasteiger partial charge in [0.2, 0.25) is 0 Å². The molecule has 128 valence electrons. The number of rotatable bonds is 2. The van der Waals surface area contributed by atoms with E-state index in [9.17, 15) is 20.4 Å². The Balaban J connectivity index is 1.62. The van der Waals surface area contributed by atoms with Crippen LogP contribution in [0.15, 0.2) is 35.5 Å². The summed E-state index contributed by atoms with van der Waals surface area (Å²) in [6.45, 7) is -0.506. The summed E-state index contributed by atoms with van der Waals surface area (Å²) in [7, 11) is 0. The number of aliphatic hydroxyl groups excluding tert-OH is 4. The van der Waals surface area contributed by atoms with E-state index in [2.05, 4.69) is 5.16 Å². The fourth-order valence-corrected chi connectivity index (χ4v) is 4.16. The average Bonchev–Trinajstić information content (AvgIpc) is 3.21. The van der Waals surface area contributed by atoms with Crippen molar-refractivity contribution >= 4 is 27.1 Å². The van der Waals surface area contributed by atoms with E-state index in [0.29, 0.717) is 5.71 Å². The van der Waals surface area contributed by atoms with Gasteiger partial charge < -0.3 is 30.0 Å². The van der Waals surface area contributed by atoms with Gasteiger partial charge in [-0.1, -0.05) is 23.4 Å². The molecule has 2 aromatic rings. The molecular weight excluding hydrogens is 334 g/mol. The molecular formula is C16H17NO6S. The summed E-state index contributed by atoms with van der Waals surface area (Å²) >= 11 is 1.54. The van der Waals surface area contributed by atoms with Gasteiger partial charge in [0.05, 0.1) is 17.9 Å². The molecule has 2 aliphatic heterocycles. The van der Waals surface area contributed by atoms with Crippen molar-refractivity contribution in [3.05, 3.63) is 35.2 Å². The van der Waals surface area contributed by atoms with Gasteiger partial charge in [0, 0.05) is 4.70 Å². The number of nitrogens with zero attached hydrogens (tertiary/aromatic N) is 1. The average molecular weight is 351 g/mol. The first kappa shape index (κ1) is 15.9. The summed E-state index contributed by atoms with van der Waals surface area (Å²) < 4.78 is 6.66. The van der Waals surface area contributed by atoms with Crippen molar-refractivity contribution in [2.75, 3.05) is 6.61 Å². The predicted octanol–water partition coefficient (Wildman–Crippen LogP) is 0.196. The van der Waals surface area contributed by atoms with Crippen LogP contribution < -0.4 is 0 Å². The lowest BCUT2D eigenvalue weighted by Crippen LogP contribution is -2.65. The van der Waals surface area contributed by atoms with Gasteiger partial charge in [-0.05, 0) is 17.5 Å². The molecule has 7 nitrogen and oxygen atoms in total. The Morgan fingerprint density at radius 3 is 2.75 bits per heavy atom. The van der Waals surface area contributed by atoms with E-state index in [4.69, 9.17) is 9.57 Å². The lowest BCUT2D eigenvalue weighted by atomic mass is 9.89. The number of aliphatic hydroxyl groups is 4. The van der Waals surface area contributed by atoms with Gasteiger partial charge in [-0.25, -0.2) is 0 Å². The van der Waals surface area contributed by atoms with Crippen LogP contribution >= 0.6 is 11.3 Å². The van der Waals surface area contributed by atoms with Crippen molar-refractivity contribution in [3.63, 3.8) is 0 Å². The van der Waals surface area contributed by atoms with Crippen LogP contribution in [0.1, 0.15) is 11.3 Å². The summed E-state index contributed by atoms with van der Waals surface area (Å²) in [5.74, 6) is -1.60. The molecule has 0 bridgehead atoms. The smallest absolute Gasteiger partial charge is 0.271 e. The number of hydrogen-bond donors (Lipinski definition) is 4. The Hall–Kier alpha value is -1.55. The van der Waals surface area contributed by atoms with Gasteiger partial charge in [-0.15, -0.1) is 11.3 Å². The maximum absolute atomic E-state index is 10.3. The van der Waals surface area contributed by atoms with E-state index < -0.39 is 36.8 Å². The van der Waals surface area contributed by atoms with Gasteiger partial charge >= 0.3 is 0 Å². The molecule has 4 N–H and O–H groups in total. The van der Waals surface area contributed by atoms with Gasteiger partial charge in [0.25, 0.3) is 5.79 Å². The zero-order valence-corrected chi connectivity index (χ0v) is 13.4. The van der Waals surface area contributed by atoms with E-state index >= 15 is 0 Å². The zero-order chi connectivity index (χ0) is 16.9. The first-order valence-electron chi connectivity index (χ1n) is 7.61. The standard InChI is InChI=1S/C16H17NO6S/c18-7-10-13(19)14(20)15(21)16(22-10)6-9(17-23-16)12-5-8-3-1-2-4-11(8)24-12/h1-5,10,13-15,18-21H,6-7H2/t10-,13-,14+,15-,16-/m1/s1. The fraction of sp³-hybridized carbons (Fsp3) is 0.438. The molecule has 0 radical (unpaired) electrons. The van der Waals surface area contributed by atoms with Crippen LogP contribution in [0.3, 0.4) is 0 Å². The number of hydrogen-bond acceptors (Lipinski definition) is 8. The third-order valence-electron chi connectivity index (χ3n) is 4.47. The van der Waals surface area contributed by atoms with Crippen LogP contribution in [0.25, 0.3) is 10.1 Å². The minimum absolute atomic E-state index is 0.112. The monoisotopic (exact) mass is 351 g/mol. The lowest BCUT2D eigenvalue weighted by Gasteiger charge is -2.44. The minimum atomic E-state index is -1.60. The number of thiophene rings is 1. The van der Waals surface area contributed by atoms with Gasteiger partial charge in [-0.3, -0.25) is 0 Å². The highest BCUT2D eigenvalue weighted by Gasteiger charge is 2.58. The second kappa shape index (κ2) is 5.76. The number of oxime groups is 1. The summed E-state index contributed by atoms with van der Waals surface area (Å²) in [4.78, 5) is 6.23. The Morgan fingerprint density at radius 1 is 1.21 bits per heavy atom. The number of fused-ring (bicyclic) bond motifs is 1. The van der Waals surface area contributed by atoms with E-state index in [1.807, 2.05) is 30.3 Å². The fourth-order valence-electron chi connectivity index (χ4n) is 3.12. The molecule has 1 spiro atoms. The largest absolute Gasteiger partial charge is 0.394 e. The number of benzene rings is 1. The second-order valence-corrected chi connectivity index (χ2v) is 7.12. The molecule has 24 heavy (non-hydrogen) atoms. The third-order valence-corrected chi connectivity index (χ3v) is 5.63. The van der Waals surface area contributed by atoms with E-state index in [1.165, 1.54) is 0 Å². The first-order chi connectivity index (χ1) is 11.5. The summed E-state index contributed by atoms with van der Waals surface area (Å²) in [5.41, 5.74) is 0.593. The van der Waals surface area contributed by atoms with Crippen molar-refractivity contribution in [2.45, 2.75) is 36.6 Å². The molecule has 1 aromatic heterocycles. The normalized spacial score (nSPS) is 36.1. The lowest BCUT2D eigenvalue weighted by molar-refractivity contribution is -0.355. The van der Waals surface area contributed by atoms with Gasteiger partial charge in [0.15, 0.2) is 6.10 Å². The molecule has 0 amide bonds.